The van der Waals surface area contributed by atoms with Crippen LogP contribution in [0.4, 0.5) is 0 Å². The van der Waals surface area contributed by atoms with Crippen LogP contribution >= 0.6 is 0 Å². The van der Waals surface area contributed by atoms with Crippen LogP contribution in [0.3, 0.4) is 0 Å². The van der Waals surface area contributed by atoms with Gasteiger partial charge >= 0.3 is 5.97 Å². The van der Waals surface area contributed by atoms with Crippen molar-refractivity contribution in [3.05, 3.63) is 53.6 Å². The van der Waals surface area contributed by atoms with Gasteiger partial charge in [-0.2, -0.15) is 0 Å². The van der Waals surface area contributed by atoms with E-state index in [2.05, 4.69) is 24.0 Å². The SMILES string of the molecule is CCC(COC(=O)c1cc(OC)c(OC)c(OC)c1)(CN(C)C)c1ccccc1. The monoisotopic (exact) mass is 401 g/mol. The van der Waals surface area contributed by atoms with E-state index in [9.17, 15) is 4.79 Å². The van der Waals surface area contributed by atoms with Gasteiger partial charge in [0.2, 0.25) is 5.75 Å². The summed E-state index contributed by atoms with van der Waals surface area (Å²) < 4.78 is 21.8. The molecule has 0 aliphatic heterocycles. The van der Waals surface area contributed by atoms with Crippen molar-refractivity contribution in [3.63, 3.8) is 0 Å². The van der Waals surface area contributed by atoms with Crippen LogP contribution in [0.1, 0.15) is 29.3 Å². The van der Waals surface area contributed by atoms with E-state index >= 15 is 0 Å². The molecule has 1 atom stereocenters. The Kier molecular flexibility index (Phi) is 7.91. The smallest absolute Gasteiger partial charge is 0.338 e. The lowest BCUT2D eigenvalue weighted by Crippen LogP contribution is -2.42. The minimum Gasteiger partial charge on any atom is -0.493 e. The number of rotatable bonds is 10. The van der Waals surface area contributed by atoms with Crippen LogP contribution in [0.5, 0.6) is 17.2 Å². The molecule has 2 aromatic carbocycles. The molecule has 6 nitrogen and oxygen atoms in total. The molecule has 0 aliphatic rings. The maximum absolute atomic E-state index is 12.9. The fourth-order valence-corrected chi connectivity index (χ4v) is 3.52. The third-order valence-corrected chi connectivity index (χ3v) is 5.06. The second kappa shape index (κ2) is 10.2. The predicted molar refractivity (Wildman–Crippen MR) is 113 cm³/mol. The van der Waals surface area contributed by atoms with Crippen LogP contribution in [-0.4, -0.2) is 59.4 Å². The summed E-state index contributed by atoms with van der Waals surface area (Å²) in [6, 6.07) is 13.4. The van der Waals surface area contributed by atoms with Crippen LogP contribution < -0.4 is 14.2 Å². The molecule has 0 saturated carbocycles. The van der Waals surface area contributed by atoms with Crippen molar-refractivity contribution >= 4 is 5.97 Å². The predicted octanol–water partition coefficient (Wildman–Crippen LogP) is 3.78. The first-order chi connectivity index (χ1) is 13.9. The zero-order valence-electron chi connectivity index (χ0n) is 18.2. The second-order valence-electron chi connectivity index (χ2n) is 7.23. The highest BCUT2D eigenvalue weighted by atomic mass is 16.5. The van der Waals surface area contributed by atoms with Crippen LogP contribution in [-0.2, 0) is 10.2 Å². The van der Waals surface area contributed by atoms with Crippen LogP contribution in [0.2, 0.25) is 0 Å². The van der Waals surface area contributed by atoms with E-state index in [-0.39, 0.29) is 12.0 Å². The Morgan fingerprint density at radius 1 is 0.966 bits per heavy atom. The fourth-order valence-electron chi connectivity index (χ4n) is 3.52. The quantitative estimate of drug-likeness (QED) is 0.565. The van der Waals surface area contributed by atoms with Crippen molar-refractivity contribution < 1.29 is 23.7 Å². The summed E-state index contributed by atoms with van der Waals surface area (Å²) in [5.74, 6) is 0.830. The Morgan fingerprint density at radius 3 is 2.00 bits per heavy atom. The minimum absolute atomic E-state index is 0.265. The molecule has 0 spiro atoms. The largest absolute Gasteiger partial charge is 0.493 e. The number of carbonyl (C=O) groups is 1. The first-order valence-corrected chi connectivity index (χ1v) is 9.58. The van der Waals surface area contributed by atoms with E-state index in [1.807, 2.05) is 32.3 Å². The lowest BCUT2D eigenvalue weighted by molar-refractivity contribution is 0.0361. The van der Waals surface area contributed by atoms with Gasteiger partial charge in [0.15, 0.2) is 11.5 Å². The van der Waals surface area contributed by atoms with E-state index < -0.39 is 5.97 Å². The Bertz CT molecular complexity index is 781. The normalized spacial score (nSPS) is 12.9. The fraction of sp³-hybridized carbons (Fsp3) is 0.435. The maximum atomic E-state index is 12.9. The summed E-state index contributed by atoms with van der Waals surface area (Å²) in [5.41, 5.74) is 1.19. The minimum atomic E-state index is -0.434. The number of hydrogen-bond donors (Lipinski definition) is 0. The van der Waals surface area contributed by atoms with E-state index in [0.717, 1.165) is 18.5 Å². The van der Waals surface area contributed by atoms with Crippen LogP contribution in [0, 0.1) is 0 Å². The third-order valence-electron chi connectivity index (χ3n) is 5.06. The molecule has 0 aromatic heterocycles. The summed E-state index contributed by atoms with van der Waals surface area (Å²) in [7, 11) is 8.60. The molecule has 2 aromatic rings. The summed E-state index contributed by atoms with van der Waals surface area (Å²) in [6.07, 6.45) is 0.831. The molecule has 1 unspecified atom stereocenters. The third kappa shape index (κ3) is 5.21. The van der Waals surface area contributed by atoms with E-state index in [4.69, 9.17) is 18.9 Å². The molecule has 0 bridgehead atoms. The first-order valence-electron chi connectivity index (χ1n) is 9.58. The summed E-state index contributed by atoms with van der Waals surface area (Å²) >= 11 is 0. The Hall–Kier alpha value is -2.73. The average molecular weight is 402 g/mol. The second-order valence-corrected chi connectivity index (χ2v) is 7.23. The van der Waals surface area contributed by atoms with Crippen molar-refractivity contribution in [2.75, 3.05) is 48.6 Å². The molecule has 0 saturated heterocycles. The number of benzene rings is 2. The van der Waals surface area contributed by atoms with Gasteiger partial charge in [-0.15, -0.1) is 0 Å². The van der Waals surface area contributed by atoms with E-state index in [1.54, 1.807) is 12.1 Å². The topological polar surface area (TPSA) is 57.2 Å². The van der Waals surface area contributed by atoms with Gasteiger partial charge in [-0.3, -0.25) is 0 Å². The Morgan fingerprint density at radius 2 is 1.55 bits per heavy atom. The van der Waals surface area contributed by atoms with Gasteiger partial charge in [-0.1, -0.05) is 37.3 Å². The lowest BCUT2D eigenvalue weighted by atomic mass is 9.78. The highest BCUT2D eigenvalue weighted by molar-refractivity contribution is 5.91. The summed E-state index contributed by atoms with van der Waals surface area (Å²) in [5, 5.41) is 0. The molecular weight excluding hydrogens is 370 g/mol. The molecule has 2 rings (SSSR count). The van der Waals surface area contributed by atoms with Crippen molar-refractivity contribution in [2.24, 2.45) is 0 Å². The molecule has 0 N–H and O–H groups in total. The number of esters is 1. The van der Waals surface area contributed by atoms with Crippen molar-refractivity contribution in [1.82, 2.24) is 4.90 Å². The highest BCUT2D eigenvalue weighted by Gasteiger charge is 2.33. The number of hydrogen-bond acceptors (Lipinski definition) is 6. The number of ether oxygens (including phenoxy) is 4. The maximum Gasteiger partial charge on any atom is 0.338 e. The molecule has 29 heavy (non-hydrogen) atoms. The zero-order chi connectivity index (χ0) is 21.4. The first kappa shape index (κ1) is 22.6. The van der Waals surface area contributed by atoms with E-state index in [1.165, 1.54) is 21.3 Å². The van der Waals surface area contributed by atoms with Gasteiger partial charge in [0.25, 0.3) is 0 Å². The lowest BCUT2D eigenvalue weighted by Gasteiger charge is -2.35. The van der Waals surface area contributed by atoms with Gasteiger partial charge < -0.3 is 23.8 Å². The number of likely N-dealkylation sites (N-methyl/N-ethyl adjacent to an activating group) is 1. The molecule has 158 valence electrons. The molecule has 0 heterocycles. The van der Waals surface area contributed by atoms with Crippen LogP contribution in [0.15, 0.2) is 42.5 Å². The standard InChI is InChI=1S/C23H31NO5/c1-7-23(15-24(2)3,18-11-9-8-10-12-18)16-29-22(25)17-13-19(26-4)21(28-6)20(14-17)27-5/h8-14H,7,15-16H2,1-6H3. The summed E-state index contributed by atoms with van der Waals surface area (Å²) in [6.45, 7) is 3.14. The molecule has 0 amide bonds. The molecule has 0 aliphatic carbocycles. The van der Waals surface area contributed by atoms with Gasteiger partial charge in [-0.25, -0.2) is 4.79 Å². The molecule has 0 radical (unpaired) electrons. The van der Waals surface area contributed by atoms with Crippen LogP contribution in [0.25, 0.3) is 0 Å². The van der Waals surface area contributed by atoms with Gasteiger partial charge in [0.05, 0.1) is 26.9 Å². The zero-order valence-corrected chi connectivity index (χ0v) is 18.2. The van der Waals surface area contributed by atoms with Gasteiger partial charge in [0.1, 0.15) is 6.61 Å². The Balaban J connectivity index is 2.31. The average Bonchev–Trinajstić information content (AvgIpc) is 2.75. The van der Waals surface area contributed by atoms with Crippen molar-refractivity contribution in [1.29, 1.82) is 0 Å². The van der Waals surface area contributed by atoms with Gasteiger partial charge in [-0.05, 0) is 38.2 Å². The van der Waals surface area contributed by atoms with E-state index in [0.29, 0.717) is 22.8 Å². The highest BCUT2D eigenvalue weighted by Crippen LogP contribution is 2.38. The van der Waals surface area contributed by atoms with Gasteiger partial charge in [0, 0.05) is 12.0 Å². The molecule has 6 heteroatoms. The van der Waals surface area contributed by atoms with Crippen molar-refractivity contribution in [2.45, 2.75) is 18.8 Å². The molecular formula is C23H31NO5. The number of methoxy groups -OCH3 is 3. The summed E-state index contributed by atoms with van der Waals surface area (Å²) in [4.78, 5) is 15.0. The van der Waals surface area contributed by atoms with Crippen molar-refractivity contribution in [3.8, 4) is 17.2 Å². The number of carbonyl (C=O) groups excluding carboxylic acids is 1. The number of nitrogens with zero attached hydrogens (tertiary/aromatic N) is 1. The Labute approximate surface area is 173 Å². The molecule has 0 fully saturated rings.